The average molecular weight is 282 g/mol. The van der Waals surface area contributed by atoms with Gasteiger partial charge in [0.15, 0.2) is 0 Å². The fourth-order valence-electron chi connectivity index (χ4n) is 2.49. The molecule has 2 unspecified atom stereocenters. The minimum Gasteiger partial charge on any atom is -0.340 e. The first kappa shape index (κ1) is 17.0. The lowest BCUT2D eigenvalue weighted by molar-refractivity contribution is -0.156. The molecule has 0 aromatic heterocycles. The zero-order chi connectivity index (χ0) is 15.9. The van der Waals surface area contributed by atoms with Crippen molar-refractivity contribution in [3.63, 3.8) is 0 Å². The van der Waals surface area contributed by atoms with E-state index in [0.717, 1.165) is 0 Å². The fraction of sp³-hybridized carbons (Fsp3) is 0.875. The maximum absolute atomic E-state index is 12.7. The normalized spacial score (nSPS) is 24.9. The summed E-state index contributed by atoms with van der Waals surface area (Å²) in [4.78, 5) is 26.8. The molecule has 0 bridgehead atoms. The Morgan fingerprint density at radius 3 is 2.10 bits per heavy atom. The first-order valence-corrected chi connectivity index (χ1v) is 7.51. The number of hydrogen-bond donors (Lipinski definition) is 1. The number of carbonyl (C=O) groups excluding carboxylic acids is 2. The number of nitrogens with zero attached hydrogens (tertiary/aromatic N) is 1. The molecule has 1 aliphatic heterocycles. The van der Waals surface area contributed by atoms with Crippen LogP contribution in [-0.4, -0.2) is 34.8 Å². The highest BCUT2D eigenvalue weighted by molar-refractivity contribution is 5.99. The molecule has 116 valence electrons. The van der Waals surface area contributed by atoms with Gasteiger partial charge in [0.1, 0.15) is 11.6 Å². The third-order valence-corrected chi connectivity index (χ3v) is 4.42. The van der Waals surface area contributed by atoms with Gasteiger partial charge >= 0.3 is 0 Å². The van der Waals surface area contributed by atoms with Crippen LogP contribution in [0.5, 0.6) is 0 Å². The van der Waals surface area contributed by atoms with E-state index in [-0.39, 0.29) is 29.2 Å². The van der Waals surface area contributed by atoms with E-state index in [1.807, 2.05) is 13.8 Å². The van der Waals surface area contributed by atoms with Crippen LogP contribution in [0.2, 0.25) is 0 Å². The van der Waals surface area contributed by atoms with Crippen LogP contribution in [0.3, 0.4) is 0 Å². The Labute approximate surface area is 123 Å². The van der Waals surface area contributed by atoms with E-state index in [9.17, 15) is 9.59 Å². The Morgan fingerprint density at radius 1 is 1.20 bits per heavy atom. The van der Waals surface area contributed by atoms with Gasteiger partial charge in [-0.2, -0.15) is 0 Å². The monoisotopic (exact) mass is 282 g/mol. The molecule has 0 saturated carbocycles. The van der Waals surface area contributed by atoms with Crippen molar-refractivity contribution in [2.75, 3.05) is 6.54 Å². The Hall–Kier alpha value is -1.06. The van der Waals surface area contributed by atoms with Gasteiger partial charge in [-0.25, -0.2) is 0 Å². The van der Waals surface area contributed by atoms with Crippen molar-refractivity contribution in [1.82, 2.24) is 10.2 Å². The molecule has 1 fully saturated rings. The molecule has 0 radical (unpaired) electrons. The van der Waals surface area contributed by atoms with Crippen molar-refractivity contribution in [2.45, 2.75) is 67.0 Å². The van der Waals surface area contributed by atoms with Gasteiger partial charge < -0.3 is 10.2 Å². The summed E-state index contributed by atoms with van der Waals surface area (Å²) < 4.78 is 0. The van der Waals surface area contributed by atoms with Crippen LogP contribution in [0.25, 0.3) is 0 Å². The topological polar surface area (TPSA) is 49.4 Å². The van der Waals surface area contributed by atoms with Gasteiger partial charge in [0.25, 0.3) is 0 Å². The van der Waals surface area contributed by atoms with E-state index in [2.05, 4.69) is 33.0 Å². The number of amides is 2. The number of piperazine rings is 1. The first-order chi connectivity index (χ1) is 8.88. The highest BCUT2D eigenvalue weighted by Gasteiger charge is 2.47. The zero-order valence-electron chi connectivity index (χ0n) is 14.2. The van der Waals surface area contributed by atoms with Crippen LogP contribution in [0.4, 0.5) is 0 Å². The minimum absolute atomic E-state index is 0.0203. The van der Waals surface area contributed by atoms with Gasteiger partial charge in [-0.05, 0) is 31.1 Å². The summed E-state index contributed by atoms with van der Waals surface area (Å²) in [6, 6.07) is -0.361. The molecule has 0 aliphatic carbocycles. The highest BCUT2D eigenvalue weighted by atomic mass is 16.2. The van der Waals surface area contributed by atoms with Crippen LogP contribution in [0, 0.1) is 17.3 Å². The second-order valence-electron chi connectivity index (χ2n) is 8.03. The Kier molecular flexibility index (Phi) is 4.57. The average Bonchev–Trinajstić information content (AvgIpc) is 2.22. The SMILES string of the molecule is CC(C)C1C(=O)NC(C)(C)C(=O)N1CC(C)C(C)(C)C. The van der Waals surface area contributed by atoms with E-state index >= 15 is 0 Å². The molecule has 1 heterocycles. The van der Waals surface area contributed by atoms with Crippen LogP contribution < -0.4 is 5.32 Å². The molecule has 0 aromatic rings. The number of rotatable bonds is 3. The largest absolute Gasteiger partial charge is 0.340 e. The van der Waals surface area contributed by atoms with Gasteiger partial charge in [0.05, 0.1) is 0 Å². The van der Waals surface area contributed by atoms with Gasteiger partial charge in [-0.1, -0.05) is 41.5 Å². The minimum atomic E-state index is -0.805. The molecule has 4 heteroatoms. The molecule has 0 spiro atoms. The van der Waals surface area contributed by atoms with E-state index in [1.165, 1.54) is 0 Å². The first-order valence-electron chi connectivity index (χ1n) is 7.51. The summed E-state index contributed by atoms with van der Waals surface area (Å²) >= 11 is 0. The molecule has 2 amide bonds. The van der Waals surface area contributed by atoms with Crippen molar-refractivity contribution in [3.8, 4) is 0 Å². The predicted molar refractivity (Wildman–Crippen MR) is 81.2 cm³/mol. The van der Waals surface area contributed by atoms with Crippen molar-refractivity contribution in [3.05, 3.63) is 0 Å². The Bertz CT molecular complexity index is 394. The van der Waals surface area contributed by atoms with Gasteiger partial charge in [-0.3, -0.25) is 9.59 Å². The zero-order valence-corrected chi connectivity index (χ0v) is 14.2. The van der Waals surface area contributed by atoms with Crippen molar-refractivity contribution in [1.29, 1.82) is 0 Å². The van der Waals surface area contributed by atoms with Crippen molar-refractivity contribution >= 4 is 11.8 Å². The summed E-state index contributed by atoms with van der Waals surface area (Å²) in [5.41, 5.74) is -0.694. The van der Waals surface area contributed by atoms with Crippen LogP contribution in [-0.2, 0) is 9.59 Å². The summed E-state index contributed by atoms with van der Waals surface area (Å²) in [7, 11) is 0. The van der Waals surface area contributed by atoms with E-state index < -0.39 is 5.54 Å². The molecule has 1 rings (SSSR count). The fourth-order valence-corrected chi connectivity index (χ4v) is 2.49. The molecule has 1 aliphatic rings. The molecule has 0 aromatic carbocycles. The van der Waals surface area contributed by atoms with Crippen LogP contribution in [0.1, 0.15) is 55.4 Å². The Morgan fingerprint density at radius 2 is 1.70 bits per heavy atom. The molecule has 20 heavy (non-hydrogen) atoms. The second kappa shape index (κ2) is 5.38. The Balaban J connectivity index is 3.07. The van der Waals surface area contributed by atoms with Gasteiger partial charge in [0, 0.05) is 6.54 Å². The molecular weight excluding hydrogens is 252 g/mol. The van der Waals surface area contributed by atoms with Gasteiger partial charge in [0.2, 0.25) is 11.8 Å². The third kappa shape index (κ3) is 3.33. The standard InChI is InChI=1S/C16H30N2O2/c1-10(2)12-13(19)17-16(7,8)14(20)18(12)9-11(3)15(4,5)6/h10-12H,9H2,1-8H3,(H,17,19). The van der Waals surface area contributed by atoms with E-state index in [1.54, 1.807) is 18.7 Å². The second-order valence-corrected chi connectivity index (χ2v) is 8.03. The maximum Gasteiger partial charge on any atom is 0.248 e. The quantitative estimate of drug-likeness (QED) is 0.864. The van der Waals surface area contributed by atoms with Gasteiger partial charge in [-0.15, -0.1) is 0 Å². The van der Waals surface area contributed by atoms with Crippen molar-refractivity contribution in [2.24, 2.45) is 17.3 Å². The highest BCUT2D eigenvalue weighted by Crippen LogP contribution is 2.30. The lowest BCUT2D eigenvalue weighted by atomic mass is 9.80. The lowest BCUT2D eigenvalue weighted by Crippen LogP contribution is -2.69. The van der Waals surface area contributed by atoms with Crippen molar-refractivity contribution < 1.29 is 9.59 Å². The van der Waals surface area contributed by atoms with E-state index in [4.69, 9.17) is 0 Å². The molecule has 2 atom stereocenters. The van der Waals surface area contributed by atoms with Crippen LogP contribution in [0.15, 0.2) is 0 Å². The molecular formula is C16H30N2O2. The molecule has 1 saturated heterocycles. The summed E-state index contributed by atoms with van der Waals surface area (Å²) in [6.07, 6.45) is 0. The number of hydrogen-bond acceptors (Lipinski definition) is 2. The summed E-state index contributed by atoms with van der Waals surface area (Å²) in [6.45, 7) is 16.8. The number of carbonyl (C=O) groups is 2. The third-order valence-electron chi connectivity index (χ3n) is 4.42. The van der Waals surface area contributed by atoms with Crippen LogP contribution >= 0.6 is 0 Å². The number of nitrogens with one attached hydrogen (secondary N) is 1. The molecule has 1 N–H and O–H groups in total. The lowest BCUT2D eigenvalue weighted by Gasteiger charge is -2.46. The summed E-state index contributed by atoms with van der Waals surface area (Å²) in [5, 5.41) is 2.85. The molecule has 4 nitrogen and oxygen atoms in total. The van der Waals surface area contributed by atoms with E-state index in [0.29, 0.717) is 12.5 Å². The maximum atomic E-state index is 12.7. The predicted octanol–water partition coefficient (Wildman–Crippen LogP) is 2.43. The smallest absolute Gasteiger partial charge is 0.248 e. The summed E-state index contributed by atoms with van der Waals surface area (Å²) in [5.74, 6) is 0.425.